The van der Waals surface area contributed by atoms with Gasteiger partial charge in [-0.1, -0.05) is 49.7 Å². The molecule has 0 nitrogen and oxygen atoms in total. The van der Waals surface area contributed by atoms with Gasteiger partial charge in [-0.25, -0.2) is 0 Å². The molecule has 0 radical (unpaired) electrons. The molecule has 0 amide bonds. The molecule has 0 bridgehead atoms. The van der Waals surface area contributed by atoms with E-state index in [0.717, 1.165) is 0 Å². The van der Waals surface area contributed by atoms with Crippen molar-refractivity contribution in [3.8, 4) is 11.1 Å². The van der Waals surface area contributed by atoms with Crippen LogP contribution in [0.1, 0.15) is 30.9 Å². The van der Waals surface area contributed by atoms with Crippen molar-refractivity contribution in [1.82, 2.24) is 0 Å². The lowest BCUT2D eigenvalue weighted by Gasteiger charge is -2.21. The van der Waals surface area contributed by atoms with Gasteiger partial charge >= 0.3 is 0 Å². The molecule has 1 heteroatoms. The van der Waals surface area contributed by atoms with Gasteiger partial charge in [-0.05, 0) is 48.3 Å². The van der Waals surface area contributed by atoms with Crippen molar-refractivity contribution >= 4 is 10.9 Å². The maximum Gasteiger partial charge on any atom is 0.00235 e. The van der Waals surface area contributed by atoms with E-state index in [1.165, 1.54) is 40.8 Å². The Hall–Kier alpha value is -1.21. The van der Waals surface area contributed by atoms with E-state index in [1.54, 1.807) is 9.79 Å². The van der Waals surface area contributed by atoms with Crippen molar-refractivity contribution in [3.63, 3.8) is 0 Å². The smallest absolute Gasteiger partial charge is 0.00235 e. The highest BCUT2D eigenvalue weighted by Gasteiger charge is 2.27. The van der Waals surface area contributed by atoms with Crippen molar-refractivity contribution < 1.29 is 0 Å². The molecule has 1 aliphatic rings. The third-order valence-corrected chi connectivity index (χ3v) is 7.07. The van der Waals surface area contributed by atoms with Crippen molar-refractivity contribution in [2.75, 3.05) is 5.75 Å². The number of benzene rings is 2. The molecule has 0 fully saturated rings. The highest BCUT2D eigenvalue weighted by Crippen LogP contribution is 2.60. The SMILES string of the molecule is CCCC[SH]1c2c(C)cccc2-c2cccc(C)c21. The second-order valence-electron chi connectivity index (χ2n) is 5.45. The van der Waals surface area contributed by atoms with Gasteiger partial charge in [0, 0.05) is 9.79 Å². The van der Waals surface area contributed by atoms with Crippen LogP contribution in [-0.4, -0.2) is 5.75 Å². The van der Waals surface area contributed by atoms with Gasteiger partial charge in [-0.3, -0.25) is 0 Å². The van der Waals surface area contributed by atoms with E-state index in [2.05, 4.69) is 57.2 Å². The highest BCUT2D eigenvalue weighted by molar-refractivity contribution is 8.17. The van der Waals surface area contributed by atoms with Crippen LogP contribution >= 0.6 is 10.9 Å². The molecule has 0 unspecified atom stereocenters. The Labute approximate surface area is 119 Å². The van der Waals surface area contributed by atoms with E-state index in [0.29, 0.717) is 0 Å². The van der Waals surface area contributed by atoms with Crippen LogP contribution in [0.5, 0.6) is 0 Å². The van der Waals surface area contributed by atoms with Gasteiger partial charge in [-0.2, -0.15) is 10.9 Å². The maximum atomic E-state index is 2.31. The first-order valence-electron chi connectivity index (χ1n) is 7.21. The molecule has 100 valence electrons. The standard InChI is InChI=1S/C18H22S/c1-4-5-12-19-17-13(2)8-6-10-15(17)16-11-7-9-14(3)18(16)19/h6-11,19H,4-5,12H2,1-3H3. The average Bonchev–Trinajstić information content (AvgIpc) is 2.73. The average molecular weight is 270 g/mol. The zero-order valence-electron chi connectivity index (χ0n) is 12.0. The van der Waals surface area contributed by atoms with Crippen LogP contribution in [0.2, 0.25) is 0 Å². The largest absolute Gasteiger partial charge is 0.198 e. The monoisotopic (exact) mass is 270 g/mol. The molecule has 0 aliphatic carbocycles. The lowest BCUT2D eigenvalue weighted by molar-refractivity contribution is 0.892. The summed E-state index contributed by atoms with van der Waals surface area (Å²) in [7, 11) is -0.124. The molecule has 0 saturated heterocycles. The van der Waals surface area contributed by atoms with E-state index >= 15 is 0 Å². The Morgan fingerprint density at radius 3 is 1.84 bits per heavy atom. The first kappa shape index (κ1) is 12.8. The van der Waals surface area contributed by atoms with Crippen LogP contribution in [0.4, 0.5) is 0 Å². The molecule has 19 heavy (non-hydrogen) atoms. The minimum absolute atomic E-state index is 0.124. The van der Waals surface area contributed by atoms with Crippen molar-refractivity contribution in [2.24, 2.45) is 0 Å². The molecule has 2 aromatic rings. The maximum absolute atomic E-state index is 2.31. The van der Waals surface area contributed by atoms with Crippen LogP contribution in [-0.2, 0) is 0 Å². The number of hydrogen-bond donors (Lipinski definition) is 1. The fourth-order valence-corrected chi connectivity index (χ4v) is 6.40. The minimum Gasteiger partial charge on any atom is -0.198 e. The third kappa shape index (κ3) is 2.01. The first-order valence-corrected chi connectivity index (χ1v) is 8.74. The second-order valence-corrected chi connectivity index (χ2v) is 7.65. The Morgan fingerprint density at radius 1 is 0.842 bits per heavy atom. The molecule has 1 heterocycles. The fourth-order valence-electron chi connectivity index (χ4n) is 3.12. The van der Waals surface area contributed by atoms with E-state index in [1.807, 2.05) is 0 Å². The molecule has 0 saturated carbocycles. The number of hydrogen-bond acceptors (Lipinski definition) is 0. The van der Waals surface area contributed by atoms with Crippen molar-refractivity contribution in [3.05, 3.63) is 47.5 Å². The number of unbranched alkanes of at least 4 members (excludes halogenated alkanes) is 1. The van der Waals surface area contributed by atoms with Gasteiger partial charge < -0.3 is 0 Å². The number of fused-ring (bicyclic) bond motifs is 3. The predicted octanol–water partition coefficient (Wildman–Crippen LogP) is 5.50. The van der Waals surface area contributed by atoms with E-state index in [9.17, 15) is 0 Å². The van der Waals surface area contributed by atoms with Crippen LogP contribution in [0, 0.1) is 13.8 Å². The van der Waals surface area contributed by atoms with Gasteiger partial charge in [-0.15, -0.1) is 0 Å². The Bertz CT molecular complexity index is 562. The summed E-state index contributed by atoms with van der Waals surface area (Å²) >= 11 is 0. The summed E-state index contributed by atoms with van der Waals surface area (Å²) in [5.41, 5.74) is 5.97. The number of aryl methyl sites for hydroxylation is 2. The molecule has 3 rings (SSSR count). The predicted molar refractivity (Wildman–Crippen MR) is 86.6 cm³/mol. The normalized spacial score (nSPS) is 14.4. The van der Waals surface area contributed by atoms with E-state index < -0.39 is 0 Å². The van der Waals surface area contributed by atoms with Gasteiger partial charge in [0.05, 0.1) is 0 Å². The van der Waals surface area contributed by atoms with Crippen molar-refractivity contribution in [1.29, 1.82) is 0 Å². The lowest BCUT2D eigenvalue weighted by atomic mass is 10.0. The quantitative estimate of drug-likeness (QED) is 0.699. The molecular weight excluding hydrogens is 248 g/mol. The topological polar surface area (TPSA) is 0 Å². The Kier molecular flexibility index (Phi) is 3.40. The summed E-state index contributed by atoms with van der Waals surface area (Å²) in [6.07, 6.45) is 2.63. The summed E-state index contributed by atoms with van der Waals surface area (Å²) < 4.78 is 0. The van der Waals surface area contributed by atoms with Gasteiger partial charge in [0.25, 0.3) is 0 Å². The van der Waals surface area contributed by atoms with Crippen LogP contribution < -0.4 is 0 Å². The van der Waals surface area contributed by atoms with E-state index in [4.69, 9.17) is 0 Å². The minimum atomic E-state index is -0.124. The highest BCUT2D eigenvalue weighted by atomic mass is 32.2. The van der Waals surface area contributed by atoms with Crippen molar-refractivity contribution in [2.45, 2.75) is 43.4 Å². The number of thiol groups is 1. The molecule has 0 N–H and O–H groups in total. The molecule has 0 atom stereocenters. The summed E-state index contributed by atoms with van der Waals surface area (Å²) in [6.45, 7) is 6.85. The van der Waals surface area contributed by atoms with E-state index in [-0.39, 0.29) is 10.9 Å². The Morgan fingerprint density at radius 2 is 1.37 bits per heavy atom. The summed E-state index contributed by atoms with van der Waals surface area (Å²) in [5, 5.41) is 0. The Balaban J connectivity index is 2.21. The van der Waals surface area contributed by atoms with Gasteiger partial charge in [0.1, 0.15) is 0 Å². The molecule has 0 aromatic heterocycles. The third-order valence-electron chi connectivity index (χ3n) is 4.04. The zero-order chi connectivity index (χ0) is 13.4. The number of rotatable bonds is 3. The van der Waals surface area contributed by atoms with Gasteiger partial charge in [0.2, 0.25) is 0 Å². The molecular formula is C18H22S. The zero-order valence-corrected chi connectivity index (χ0v) is 12.9. The van der Waals surface area contributed by atoms with Crippen LogP contribution in [0.3, 0.4) is 0 Å². The second kappa shape index (κ2) is 5.05. The molecule has 2 aromatic carbocycles. The van der Waals surface area contributed by atoms with Gasteiger partial charge in [0.15, 0.2) is 0 Å². The molecule has 1 aliphatic heterocycles. The first-order chi connectivity index (χ1) is 9.24. The lowest BCUT2D eigenvalue weighted by Crippen LogP contribution is -1.92. The van der Waals surface area contributed by atoms with Crippen LogP contribution in [0.25, 0.3) is 11.1 Å². The fraction of sp³-hybridized carbons (Fsp3) is 0.333. The summed E-state index contributed by atoms with van der Waals surface area (Å²) in [5.74, 6) is 1.35. The summed E-state index contributed by atoms with van der Waals surface area (Å²) in [4.78, 5) is 3.30. The van der Waals surface area contributed by atoms with Crippen LogP contribution in [0.15, 0.2) is 46.2 Å². The molecule has 0 spiro atoms. The summed E-state index contributed by atoms with van der Waals surface area (Å²) in [6, 6.07) is 13.6.